The third-order valence-corrected chi connectivity index (χ3v) is 9.17. The number of hydrogen-bond acceptors (Lipinski definition) is 6. The fraction of sp³-hybridized carbons (Fsp3) is 0.400. The largest absolute Gasteiger partial charge is 0.496 e. The van der Waals surface area contributed by atoms with Crippen LogP contribution >= 0.6 is 0 Å². The monoisotopic (exact) mass is 566 g/mol. The Morgan fingerprint density at radius 1 is 1.02 bits per heavy atom. The van der Waals surface area contributed by atoms with Crippen LogP contribution in [0.25, 0.3) is 0 Å². The van der Waals surface area contributed by atoms with Gasteiger partial charge in [-0.25, -0.2) is 0 Å². The molecule has 1 fully saturated rings. The predicted molar refractivity (Wildman–Crippen MR) is 154 cm³/mol. The molecule has 0 radical (unpaired) electrons. The summed E-state index contributed by atoms with van der Waals surface area (Å²) in [6.07, 6.45) is 6.06. The third kappa shape index (κ3) is 7.45. The van der Waals surface area contributed by atoms with Gasteiger partial charge in [-0.2, -0.15) is 17.4 Å². The van der Waals surface area contributed by atoms with Gasteiger partial charge >= 0.3 is 0 Å². The maximum absolute atomic E-state index is 13.4. The van der Waals surface area contributed by atoms with Gasteiger partial charge in [0.15, 0.2) is 0 Å². The zero-order valence-electron chi connectivity index (χ0n) is 23.1. The number of benzene rings is 2. The van der Waals surface area contributed by atoms with Crippen molar-refractivity contribution in [2.24, 2.45) is 0 Å². The van der Waals surface area contributed by atoms with Crippen LogP contribution in [0.4, 0.5) is 0 Å². The van der Waals surface area contributed by atoms with Gasteiger partial charge in [-0.05, 0) is 55.0 Å². The topological polar surface area (TPSA) is 110 Å². The smallest absolute Gasteiger partial charge is 0.280 e. The lowest BCUT2D eigenvalue weighted by Gasteiger charge is -2.41. The number of nitrogens with one attached hydrogen (secondary N) is 2. The number of methoxy groups -OCH3 is 2. The molecule has 4 rings (SSSR count). The molecule has 0 unspecified atom stereocenters. The first-order valence-electron chi connectivity index (χ1n) is 13.5. The molecule has 1 saturated carbocycles. The number of rotatable bonds is 13. The molecule has 40 heavy (non-hydrogen) atoms. The van der Waals surface area contributed by atoms with E-state index in [4.69, 9.17) is 9.47 Å². The van der Waals surface area contributed by atoms with E-state index in [-0.39, 0.29) is 37.1 Å². The molecular weight excluding hydrogens is 528 g/mol. The summed E-state index contributed by atoms with van der Waals surface area (Å²) in [5.74, 6) is 0.330. The third-order valence-electron chi connectivity index (χ3n) is 7.55. The number of pyridine rings is 1. The van der Waals surface area contributed by atoms with Crippen LogP contribution in [0.1, 0.15) is 47.2 Å². The van der Waals surface area contributed by atoms with Gasteiger partial charge < -0.3 is 14.8 Å². The fourth-order valence-corrected chi connectivity index (χ4v) is 6.72. The SMILES string of the molecule is COCCN(Cc1cccnc1)S(=O)(=O)NC1CCC(CNC(=O)c2ccccc2OC)(c2ccccc2)CC1. The Kier molecular flexibility index (Phi) is 10.3. The Morgan fingerprint density at radius 2 is 1.75 bits per heavy atom. The molecule has 0 atom stereocenters. The highest BCUT2D eigenvalue weighted by atomic mass is 32.2. The Bertz CT molecular complexity index is 1330. The van der Waals surface area contributed by atoms with E-state index < -0.39 is 10.2 Å². The van der Waals surface area contributed by atoms with Crippen molar-refractivity contribution in [1.29, 1.82) is 0 Å². The first-order valence-corrected chi connectivity index (χ1v) is 14.9. The first kappa shape index (κ1) is 29.7. The molecule has 1 amide bonds. The summed E-state index contributed by atoms with van der Waals surface area (Å²) in [5, 5.41) is 3.13. The van der Waals surface area contributed by atoms with Crippen LogP contribution < -0.4 is 14.8 Å². The molecule has 0 aliphatic heterocycles. The average molecular weight is 567 g/mol. The molecule has 1 aromatic heterocycles. The van der Waals surface area contributed by atoms with E-state index in [2.05, 4.69) is 27.2 Å². The van der Waals surface area contributed by atoms with Crippen molar-refractivity contribution in [3.05, 3.63) is 95.8 Å². The quantitative estimate of drug-likeness (QED) is 0.327. The van der Waals surface area contributed by atoms with E-state index in [1.54, 1.807) is 44.8 Å². The van der Waals surface area contributed by atoms with Gasteiger partial charge in [0.2, 0.25) is 0 Å². The summed E-state index contributed by atoms with van der Waals surface area (Å²) in [6.45, 7) is 1.17. The normalized spacial score (nSPS) is 19.3. The standard InChI is InChI=1S/C30H38N4O5S/c1-38-20-19-34(22-24-9-8-18-31-21-24)40(36,37)33-26-14-16-30(17-15-26,25-10-4-3-5-11-25)23-32-29(35)27-12-6-7-13-28(27)39-2/h3-13,18,21,26,33H,14-17,19-20,22-23H2,1-2H3,(H,32,35). The van der Waals surface area contributed by atoms with Crippen molar-refractivity contribution < 1.29 is 22.7 Å². The molecule has 2 aromatic carbocycles. The zero-order valence-corrected chi connectivity index (χ0v) is 23.9. The molecule has 0 bridgehead atoms. The minimum Gasteiger partial charge on any atom is -0.496 e. The Balaban J connectivity index is 1.45. The van der Waals surface area contributed by atoms with Crippen LogP contribution in [-0.4, -0.2) is 63.6 Å². The van der Waals surface area contributed by atoms with Crippen LogP contribution in [0, 0.1) is 0 Å². The first-order chi connectivity index (χ1) is 19.4. The molecular formula is C30H38N4O5S. The van der Waals surface area contributed by atoms with Gasteiger partial charge in [0.05, 0.1) is 19.3 Å². The molecule has 1 heterocycles. The van der Waals surface area contributed by atoms with Crippen molar-refractivity contribution in [2.45, 2.75) is 43.7 Å². The summed E-state index contributed by atoms with van der Waals surface area (Å²) >= 11 is 0. The Hall–Kier alpha value is -3.31. The van der Waals surface area contributed by atoms with E-state index in [9.17, 15) is 13.2 Å². The van der Waals surface area contributed by atoms with Gasteiger partial charge in [0.1, 0.15) is 5.75 Å². The summed E-state index contributed by atoms with van der Waals surface area (Å²) < 4.78 is 41.8. The van der Waals surface area contributed by atoms with Crippen molar-refractivity contribution in [3.63, 3.8) is 0 Å². The van der Waals surface area contributed by atoms with Crippen molar-refractivity contribution in [3.8, 4) is 5.75 Å². The molecule has 1 aliphatic rings. The second kappa shape index (κ2) is 13.8. The summed E-state index contributed by atoms with van der Waals surface area (Å²) in [4.78, 5) is 17.2. The second-order valence-electron chi connectivity index (χ2n) is 10.1. The number of aromatic nitrogens is 1. The Morgan fingerprint density at radius 3 is 2.42 bits per heavy atom. The summed E-state index contributed by atoms with van der Waals surface area (Å²) in [6, 6.07) is 20.7. The maximum Gasteiger partial charge on any atom is 0.280 e. The van der Waals surface area contributed by atoms with Gasteiger partial charge in [0.25, 0.3) is 16.1 Å². The molecule has 9 nitrogen and oxygen atoms in total. The van der Waals surface area contributed by atoms with Crippen LogP contribution in [0.3, 0.4) is 0 Å². The predicted octanol–water partition coefficient (Wildman–Crippen LogP) is 3.68. The Labute approximate surface area is 237 Å². The highest BCUT2D eigenvalue weighted by Gasteiger charge is 2.39. The number of ether oxygens (including phenoxy) is 2. The summed E-state index contributed by atoms with van der Waals surface area (Å²) in [7, 11) is -0.668. The van der Waals surface area contributed by atoms with Crippen LogP contribution in [0.15, 0.2) is 79.1 Å². The van der Waals surface area contributed by atoms with Gasteiger partial charge in [-0.1, -0.05) is 48.5 Å². The lowest BCUT2D eigenvalue weighted by molar-refractivity contribution is 0.0932. The van der Waals surface area contributed by atoms with E-state index >= 15 is 0 Å². The van der Waals surface area contributed by atoms with Gasteiger partial charge in [-0.3, -0.25) is 9.78 Å². The number of carbonyl (C=O) groups is 1. The summed E-state index contributed by atoms with van der Waals surface area (Å²) in [5.41, 5.74) is 2.11. The van der Waals surface area contributed by atoms with E-state index in [1.807, 2.05) is 36.4 Å². The molecule has 0 saturated heterocycles. The zero-order chi connectivity index (χ0) is 28.4. The maximum atomic E-state index is 13.4. The highest BCUT2D eigenvalue weighted by molar-refractivity contribution is 7.87. The number of nitrogens with zero attached hydrogens (tertiary/aromatic N) is 2. The minimum absolute atomic E-state index is 0.195. The molecule has 10 heteroatoms. The lowest BCUT2D eigenvalue weighted by atomic mass is 9.68. The van der Waals surface area contributed by atoms with E-state index in [1.165, 1.54) is 4.31 Å². The average Bonchev–Trinajstić information content (AvgIpc) is 2.99. The molecule has 2 N–H and O–H groups in total. The number of amides is 1. The molecule has 3 aromatic rings. The number of para-hydroxylation sites is 1. The highest BCUT2D eigenvalue weighted by Crippen LogP contribution is 2.39. The van der Waals surface area contributed by atoms with Crippen LogP contribution in [-0.2, 0) is 26.9 Å². The molecule has 1 aliphatic carbocycles. The van der Waals surface area contributed by atoms with Gasteiger partial charge in [0, 0.05) is 50.6 Å². The van der Waals surface area contributed by atoms with E-state index in [0.717, 1.165) is 24.0 Å². The molecule has 0 spiro atoms. The van der Waals surface area contributed by atoms with Gasteiger partial charge in [-0.15, -0.1) is 0 Å². The van der Waals surface area contributed by atoms with Crippen LogP contribution in [0.2, 0.25) is 0 Å². The fourth-order valence-electron chi connectivity index (χ4n) is 5.28. The van der Waals surface area contributed by atoms with Crippen molar-refractivity contribution >= 4 is 16.1 Å². The lowest BCUT2D eigenvalue weighted by Crippen LogP contribution is -2.50. The van der Waals surface area contributed by atoms with Crippen LogP contribution in [0.5, 0.6) is 5.75 Å². The minimum atomic E-state index is -3.77. The van der Waals surface area contributed by atoms with Crippen molar-refractivity contribution in [2.75, 3.05) is 33.9 Å². The second-order valence-corrected chi connectivity index (χ2v) is 11.8. The molecule has 214 valence electrons. The number of carbonyl (C=O) groups excluding carboxylic acids is 1. The number of hydrogen-bond donors (Lipinski definition) is 2. The van der Waals surface area contributed by atoms with Crippen molar-refractivity contribution in [1.82, 2.24) is 19.3 Å². The van der Waals surface area contributed by atoms with E-state index in [0.29, 0.717) is 30.7 Å².